The number of hydrogen-bond acceptors (Lipinski definition) is 1. The lowest BCUT2D eigenvalue weighted by Gasteiger charge is -2.34. The average molecular weight is 285 g/mol. The third kappa shape index (κ3) is 3.51. The molecule has 2 aliphatic carbocycles. The summed E-state index contributed by atoms with van der Waals surface area (Å²) < 4.78 is 0. The van der Waals surface area contributed by atoms with Crippen molar-refractivity contribution in [3.63, 3.8) is 0 Å². The molecule has 4 unspecified atom stereocenters. The molecule has 21 heavy (non-hydrogen) atoms. The lowest BCUT2D eigenvalue weighted by atomic mass is 9.79. The Bertz CT molecular complexity index is 479. The van der Waals surface area contributed by atoms with Crippen molar-refractivity contribution in [3.05, 3.63) is 34.9 Å². The Hall–Kier alpha value is -0.820. The Labute approximate surface area is 130 Å². The van der Waals surface area contributed by atoms with Crippen LogP contribution in [0.25, 0.3) is 0 Å². The molecule has 0 bridgehead atoms. The number of benzene rings is 1. The molecular formula is C20H31N. The summed E-state index contributed by atoms with van der Waals surface area (Å²) in [7, 11) is 0. The minimum atomic E-state index is 0.489. The van der Waals surface area contributed by atoms with Crippen LogP contribution in [0, 0.1) is 11.8 Å². The maximum absolute atomic E-state index is 3.89. The molecule has 3 rings (SSSR count). The predicted molar refractivity (Wildman–Crippen MR) is 90.6 cm³/mol. The van der Waals surface area contributed by atoms with Crippen LogP contribution >= 0.6 is 0 Å². The molecule has 0 amide bonds. The van der Waals surface area contributed by atoms with E-state index in [0.717, 1.165) is 11.8 Å². The van der Waals surface area contributed by atoms with Crippen molar-refractivity contribution in [1.29, 1.82) is 0 Å². The second kappa shape index (κ2) is 6.52. The summed E-state index contributed by atoms with van der Waals surface area (Å²) in [5.41, 5.74) is 4.69. The van der Waals surface area contributed by atoms with Gasteiger partial charge in [0, 0.05) is 12.1 Å². The van der Waals surface area contributed by atoms with Gasteiger partial charge in [-0.05, 0) is 80.4 Å². The number of rotatable bonds is 3. The van der Waals surface area contributed by atoms with Crippen LogP contribution in [0.15, 0.2) is 18.2 Å². The monoisotopic (exact) mass is 285 g/mol. The summed E-state index contributed by atoms with van der Waals surface area (Å²) in [6.07, 6.45) is 9.39. The quantitative estimate of drug-likeness (QED) is 0.820. The van der Waals surface area contributed by atoms with Gasteiger partial charge in [0.2, 0.25) is 0 Å². The highest BCUT2D eigenvalue weighted by atomic mass is 14.9. The molecule has 1 nitrogen and oxygen atoms in total. The SMILES string of the molecule is CC(NC1CCC(C)C(C)C1)c1ccc2c(c1)CCCC2. The fourth-order valence-corrected chi connectivity index (χ4v) is 4.17. The molecule has 1 aromatic carbocycles. The first-order valence-electron chi connectivity index (χ1n) is 9.01. The van der Waals surface area contributed by atoms with Crippen molar-refractivity contribution < 1.29 is 0 Å². The smallest absolute Gasteiger partial charge is 0.0294 e. The lowest BCUT2D eigenvalue weighted by Crippen LogP contribution is -2.37. The maximum Gasteiger partial charge on any atom is 0.0294 e. The summed E-state index contributed by atoms with van der Waals surface area (Å²) in [6, 6.07) is 8.41. The van der Waals surface area contributed by atoms with Gasteiger partial charge >= 0.3 is 0 Å². The molecular weight excluding hydrogens is 254 g/mol. The van der Waals surface area contributed by atoms with Crippen molar-refractivity contribution in [2.24, 2.45) is 11.8 Å². The van der Waals surface area contributed by atoms with E-state index in [1.165, 1.54) is 50.5 Å². The molecule has 1 N–H and O–H groups in total. The van der Waals surface area contributed by atoms with Gasteiger partial charge in [0.15, 0.2) is 0 Å². The minimum absolute atomic E-state index is 0.489. The zero-order valence-electron chi connectivity index (χ0n) is 14.0. The van der Waals surface area contributed by atoms with Crippen molar-refractivity contribution in [3.8, 4) is 0 Å². The van der Waals surface area contributed by atoms with E-state index in [-0.39, 0.29) is 0 Å². The normalized spacial score (nSPS) is 30.7. The van der Waals surface area contributed by atoms with Gasteiger partial charge in [0.05, 0.1) is 0 Å². The van der Waals surface area contributed by atoms with Gasteiger partial charge in [-0.25, -0.2) is 0 Å². The van der Waals surface area contributed by atoms with Crippen LogP contribution in [-0.2, 0) is 12.8 Å². The Morgan fingerprint density at radius 3 is 2.52 bits per heavy atom. The highest BCUT2D eigenvalue weighted by Crippen LogP contribution is 2.31. The molecule has 4 atom stereocenters. The first-order chi connectivity index (χ1) is 10.1. The number of nitrogens with one attached hydrogen (secondary N) is 1. The van der Waals surface area contributed by atoms with E-state index in [1.54, 1.807) is 11.1 Å². The van der Waals surface area contributed by atoms with Crippen molar-refractivity contribution in [2.45, 2.75) is 77.8 Å². The van der Waals surface area contributed by atoms with Crippen LogP contribution < -0.4 is 5.32 Å². The molecule has 0 aromatic heterocycles. The van der Waals surface area contributed by atoms with Gasteiger partial charge in [-0.15, -0.1) is 0 Å². The summed E-state index contributed by atoms with van der Waals surface area (Å²) in [6.45, 7) is 7.17. The molecule has 0 heterocycles. The van der Waals surface area contributed by atoms with E-state index in [4.69, 9.17) is 0 Å². The molecule has 0 spiro atoms. The number of fused-ring (bicyclic) bond motifs is 1. The summed E-state index contributed by atoms with van der Waals surface area (Å²) >= 11 is 0. The van der Waals surface area contributed by atoms with E-state index in [9.17, 15) is 0 Å². The third-order valence-electron chi connectivity index (χ3n) is 5.96. The third-order valence-corrected chi connectivity index (χ3v) is 5.96. The zero-order chi connectivity index (χ0) is 14.8. The molecule has 1 fully saturated rings. The van der Waals surface area contributed by atoms with Gasteiger partial charge in [-0.2, -0.15) is 0 Å². The van der Waals surface area contributed by atoms with E-state index in [1.807, 2.05) is 0 Å². The molecule has 0 saturated heterocycles. The second-order valence-corrected chi connectivity index (χ2v) is 7.59. The summed E-state index contributed by atoms with van der Waals surface area (Å²) in [4.78, 5) is 0. The molecule has 0 radical (unpaired) electrons. The van der Waals surface area contributed by atoms with Crippen LogP contribution in [-0.4, -0.2) is 6.04 Å². The minimum Gasteiger partial charge on any atom is -0.307 e. The number of aryl methyl sites for hydroxylation is 2. The van der Waals surface area contributed by atoms with Crippen molar-refractivity contribution >= 4 is 0 Å². The van der Waals surface area contributed by atoms with Gasteiger partial charge in [-0.3, -0.25) is 0 Å². The Morgan fingerprint density at radius 2 is 1.76 bits per heavy atom. The second-order valence-electron chi connectivity index (χ2n) is 7.59. The Morgan fingerprint density at radius 1 is 1.00 bits per heavy atom. The highest BCUT2D eigenvalue weighted by Gasteiger charge is 2.25. The first-order valence-corrected chi connectivity index (χ1v) is 9.01. The van der Waals surface area contributed by atoms with Crippen molar-refractivity contribution in [1.82, 2.24) is 5.32 Å². The zero-order valence-corrected chi connectivity index (χ0v) is 14.0. The summed E-state index contributed by atoms with van der Waals surface area (Å²) in [5.74, 6) is 1.77. The van der Waals surface area contributed by atoms with E-state index in [0.29, 0.717) is 12.1 Å². The van der Waals surface area contributed by atoms with E-state index < -0.39 is 0 Å². The number of hydrogen-bond donors (Lipinski definition) is 1. The van der Waals surface area contributed by atoms with Gasteiger partial charge in [-0.1, -0.05) is 32.0 Å². The topological polar surface area (TPSA) is 12.0 Å². The van der Waals surface area contributed by atoms with Gasteiger partial charge in [0.25, 0.3) is 0 Å². The van der Waals surface area contributed by atoms with Crippen LogP contribution in [0.2, 0.25) is 0 Å². The first kappa shape index (κ1) is 15.1. The van der Waals surface area contributed by atoms with Crippen molar-refractivity contribution in [2.75, 3.05) is 0 Å². The van der Waals surface area contributed by atoms with Crippen LogP contribution in [0.1, 0.15) is 75.6 Å². The highest BCUT2D eigenvalue weighted by molar-refractivity contribution is 5.35. The molecule has 1 aromatic rings. The maximum atomic E-state index is 3.89. The fraction of sp³-hybridized carbons (Fsp3) is 0.700. The summed E-state index contributed by atoms with van der Waals surface area (Å²) in [5, 5.41) is 3.89. The van der Waals surface area contributed by atoms with Gasteiger partial charge < -0.3 is 5.32 Å². The standard InChI is InChI=1S/C20H31N/c1-14-8-11-20(12-15(14)2)21-16(3)18-10-9-17-6-4-5-7-19(17)13-18/h9-10,13-16,20-21H,4-8,11-12H2,1-3H3. The largest absolute Gasteiger partial charge is 0.307 e. The molecule has 116 valence electrons. The predicted octanol–water partition coefficient (Wildman–Crippen LogP) is 5.04. The fourth-order valence-electron chi connectivity index (χ4n) is 4.17. The Kier molecular flexibility index (Phi) is 4.69. The van der Waals surface area contributed by atoms with Crippen LogP contribution in [0.4, 0.5) is 0 Å². The molecule has 2 aliphatic rings. The average Bonchev–Trinajstić information content (AvgIpc) is 2.50. The molecule has 1 saturated carbocycles. The van der Waals surface area contributed by atoms with Gasteiger partial charge in [0.1, 0.15) is 0 Å². The Balaban J connectivity index is 1.64. The lowest BCUT2D eigenvalue weighted by molar-refractivity contribution is 0.217. The van der Waals surface area contributed by atoms with Crippen LogP contribution in [0.3, 0.4) is 0 Å². The van der Waals surface area contributed by atoms with E-state index in [2.05, 4.69) is 44.3 Å². The molecule has 1 heteroatoms. The molecule has 0 aliphatic heterocycles. The van der Waals surface area contributed by atoms with Crippen LogP contribution in [0.5, 0.6) is 0 Å². The van der Waals surface area contributed by atoms with E-state index >= 15 is 0 Å².